The molecule has 0 aromatic carbocycles. The summed E-state index contributed by atoms with van der Waals surface area (Å²) in [6.07, 6.45) is 11.6. The molecule has 22 heavy (non-hydrogen) atoms. The van der Waals surface area contributed by atoms with E-state index in [1.54, 1.807) is 0 Å². The van der Waals surface area contributed by atoms with Gasteiger partial charge in [-0.15, -0.1) is 6.58 Å². The van der Waals surface area contributed by atoms with Crippen LogP contribution in [0.15, 0.2) is 12.7 Å². The number of allylic oxidation sites excluding steroid dienone is 1. The Kier molecular flexibility index (Phi) is 15.1. The fraction of sp³-hybridized carbons (Fsp3) is 0.778. The quantitative estimate of drug-likeness (QED) is 0.252. The smallest absolute Gasteiger partial charge is 0.305 e. The van der Waals surface area contributed by atoms with Crippen molar-refractivity contribution in [3.63, 3.8) is 0 Å². The Morgan fingerprint density at radius 1 is 0.818 bits per heavy atom. The molecule has 0 rings (SSSR count). The molecule has 0 fully saturated rings. The van der Waals surface area contributed by atoms with Crippen LogP contribution in [0.1, 0.15) is 77.6 Å². The molecule has 0 bridgehead atoms. The van der Waals surface area contributed by atoms with Crippen LogP contribution >= 0.6 is 0 Å². The van der Waals surface area contributed by atoms with Crippen molar-refractivity contribution >= 4 is 11.9 Å². The highest BCUT2D eigenvalue weighted by molar-refractivity contribution is 5.69. The Morgan fingerprint density at radius 3 is 1.82 bits per heavy atom. The summed E-state index contributed by atoms with van der Waals surface area (Å²) in [6, 6.07) is 0. The Bertz CT molecular complexity index is 299. The molecule has 0 aromatic heterocycles. The molecule has 0 N–H and O–H groups in total. The second-order valence-corrected chi connectivity index (χ2v) is 5.49. The Labute approximate surface area is 135 Å². The van der Waals surface area contributed by atoms with Gasteiger partial charge in [-0.3, -0.25) is 9.59 Å². The standard InChI is InChI=1S/C18H32O4/c1-3-5-12-16-22-18(20)14-11-9-7-6-8-10-13-17(19)21-15-4-2/h3H,1,4-16H2,2H3. The maximum atomic E-state index is 11.4. The monoisotopic (exact) mass is 312 g/mol. The van der Waals surface area contributed by atoms with Crippen molar-refractivity contribution in [1.29, 1.82) is 0 Å². The molecule has 0 saturated carbocycles. The van der Waals surface area contributed by atoms with Gasteiger partial charge in [0.2, 0.25) is 0 Å². The second kappa shape index (κ2) is 16.1. The number of esters is 2. The average Bonchev–Trinajstić information content (AvgIpc) is 2.52. The van der Waals surface area contributed by atoms with Gasteiger partial charge in [-0.2, -0.15) is 0 Å². The topological polar surface area (TPSA) is 52.6 Å². The fourth-order valence-corrected chi connectivity index (χ4v) is 2.02. The predicted molar refractivity (Wildman–Crippen MR) is 88.6 cm³/mol. The largest absolute Gasteiger partial charge is 0.466 e. The minimum absolute atomic E-state index is 0.0824. The number of carbonyl (C=O) groups is 2. The van der Waals surface area contributed by atoms with E-state index in [0.717, 1.165) is 57.8 Å². The SMILES string of the molecule is C=CCCCOC(=O)CCCCCCCCC(=O)OCCC. The first kappa shape index (κ1) is 20.7. The second-order valence-electron chi connectivity index (χ2n) is 5.49. The van der Waals surface area contributed by atoms with E-state index in [1.807, 2.05) is 13.0 Å². The molecule has 0 aromatic rings. The van der Waals surface area contributed by atoms with Gasteiger partial charge in [-0.1, -0.05) is 38.7 Å². The third-order valence-electron chi connectivity index (χ3n) is 3.29. The maximum absolute atomic E-state index is 11.4. The normalized spacial score (nSPS) is 10.2. The highest BCUT2D eigenvalue weighted by Gasteiger charge is 2.03. The van der Waals surface area contributed by atoms with Gasteiger partial charge < -0.3 is 9.47 Å². The molecule has 0 heterocycles. The van der Waals surface area contributed by atoms with Crippen molar-refractivity contribution in [1.82, 2.24) is 0 Å². The fourth-order valence-electron chi connectivity index (χ4n) is 2.02. The minimum atomic E-state index is -0.0947. The van der Waals surface area contributed by atoms with Gasteiger partial charge in [-0.25, -0.2) is 0 Å². The van der Waals surface area contributed by atoms with Gasteiger partial charge in [0.25, 0.3) is 0 Å². The van der Waals surface area contributed by atoms with Gasteiger partial charge in [0.15, 0.2) is 0 Å². The van der Waals surface area contributed by atoms with E-state index in [9.17, 15) is 9.59 Å². The van der Waals surface area contributed by atoms with Crippen molar-refractivity contribution in [3.8, 4) is 0 Å². The van der Waals surface area contributed by atoms with Crippen LogP contribution < -0.4 is 0 Å². The van der Waals surface area contributed by atoms with E-state index in [2.05, 4.69) is 6.58 Å². The minimum Gasteiger partial charge on any atom is -0.466 e. The summed E-state index contributed by atoms with van der Waals surface area (Å²) in [7, 11) is 0. The number of carbonyl (C=O) groups excluding carboxylic acids is 2. The van der Waals surface area contributed by atoms with Crippen LogP contribution in [0.4, 0.5) is 0 Å². The number of hydrogen-bond donors (Lipinski definition) is 0. The van der Waals surface area contributed by atoms with Gasteiger partial charge in [0, 0.05) is 12.8 Å². The van der Waals surface area contributed by atoms with Gasteiger partial charge in [0.05, 0.1) is 13.2 Å². The van der Waals surface area contributed by atoms with E-state index in [4.69, 9.17) is 9.47 Å². The lowest BCUT2D eigenvalue weighted by atomic mass is 10.1. The Balaban J connectivity index is 3.24. The zero-order valence-corrected chi connectivity index (χ0v) is 14.1. The van der Waals surface area contributed by atoms with Crippen molar-refractivity contribution in [3.05, 3.63) is 12.7 Å². The van der Waals surface area contributed by atoms with Crippen molar-refractivity contribution in [2.45, 2.75) is 77.6 Å². The number of unbranched alkanes of at least 4 members (excludes halogenated alkanes) is 6. The maximum Gasteiger partial charge on any atom is 0.305 e. The third kappa shape index (κ3) is 15.1. The van der Waals surface area contributed by atoms with Gasteiger partial charge in [-0.05, 0) is 32.1 Å². The summed E-state index contributed by atoms with van der Waals surface area (Å²) >= 11 is 0. The molecule has 0 aliphatic carbocycles. The van der Waals surface area contributed by atoms with E-state index in [0.29, 0.717) is 26.1 Å². The first-order valence-electron chi connectivity index (χ1n) is 8.62. The molecular formula is C18H32O4. The molecule has 0 spiro atoms. The molecular weight excluding hydrogens is 280 g/mol. The molecule has 0 unspecified atom stereocenters. The highest BCUT2D eigenvalue weighted by atomic mass is 16.5. The van der Waals surface area contributed by atoms with Crippen LogP contribution in [-0.2, 0) is 19.1 Å². The Hall–Kier alpha value is -1.32. The van der Waals surface area contributed by atoms with Crippen LogP contribution in [0.3, 0.4) is 0 Å². The average molecular weight is 312 g/mol. The summed E-state index contributed by atoms with van der Waals surface area (Å²) in [6.45, 7) is 6.64. The molecule has 128 valence electrons. The van der Waals surface area contributed by atoms with E-state index in [-0.39, 0.29) is 11.9 Å². The predicted octanol–water partition coefficient (Wildman–Crippen LogP) is 4.57. The van der Waals surface area contributed by atoms with Crippen molar-refractivity contribution < 1.29 is 19.1 Å². The molecule has 0 aliphatic heterocycles. The molecule has 4 heteroatoms. The zero-order valence-electron chi connectivity index (χ0n) is 14.1. The summed E-state index contributed by atoms with van der Waals surface area (Å²) in [5.41, 5.74) is 0. The van der Waals surface area contributed by atoms with Crippen LogP contribution in [0, 0.1) is 0 Å². The summed E-state index contributed by atoms with van der Waals surface area (Å²) in [5.74, 6) is -0.177. The van der Waals surface area contributed by atoms with Gasteiger partial charge in [0.1, 0.15) is 0 Å². The van der Waals surface area contributed by atoms with Crippen molar-refractivity contribution in [2.24, 2.45) is 0 Å². The number of rotatable bonds is 15. The molecule has 0 saturated heterocycles. The van der Waals surface area contributed by atoms with Gasteiger partial charge >= 0.3 is 11.9 Å². The lowest BCUT2D eigenvalue weighted by Crippen LogP contribution is -2.05. The summed E-state index contributed by atoms with van der Waals surface area (Å²) < 4.78 is 10.1. The molecule has 0 aliphatic rings. The van der Waals surface area contributed by atoms with E-state index >= 15 is 0 Å². The van der Waals surface area contributed by atoms with Crippen LogP contribution in [0.5, 0.6) is 0 Å². The lowest BCUT2D eigenvalue weighted by Gasteiger charge is -2.04. The van der Waals surface area contributed by atoms with E-state index < -0.39 is 0 Å². The molecule has 4 nitrogen and oxygen atoms in total. The lowest BCUT2D eigenvalue weighted by molar-refractivity contribution is -0.144. The van der Waals surface area contributed by atoms with Crippen molar-refractivity contribution in [2.75, 3.05) is 13.2 Å². The molecule has 0 amide bonds. The highest BCUT2D eigenvalue weighted by Crippen LogP contribution is 2.09. The van der Waals surface area contributed by atoms with E-state index in [1.165, 1.54) is 0 Å². The summed E-state index contributed by atoms with van der Waals surface area (Å²) in [4.78, 5) is 22.7. The molecule has 0 radical (unpaired) electrons. The molecule has 0 atom stereocenters. The van der Waals surface area contributed by atoms with Crippen LogP contribution in [0.2, 0.25) is 0 Å². The zero-order chi connectivity index (χ0) is 16.5. The Morgan fingerprint density at radius 2 is 1.32 bits per heavy atom. The first-order chi connectivity index (χ1) is 10.7. The van der Waals surface area contributed by atoms with Crippen LogP contribution in [-0.4, -0.2) is 25.2 Å². The van der Waals surface area contributed by atoms with Crippen LogP contribution in [0.25, 0.3) is 0 Å². The number of ether oxygens (including phenoxy) is 2. The summed E-state index contributed by atoms with van der Waals surface area (Å²) in [5, 5.41) is 0. The third-order valence-corrected chi connectivity index (χ3v) is 3.29. The first-order valence-corrected chi connectivity index (χ1v) is 8.62. The number of hydrogen-bond acceptors (Lipinski definition) is 4.